The molecule has 0 unspecified atom stereocenters. The number of ether oxygens (including phenoxy) is 2. The van der Waals surface area contributed by atoms with Crippen molar-refractivity contribution in [3.8, 4) is 34.0 Å². The van der Waals surface area contributed by atoms with Gasteiger partial charge >= 0.3 is 0 Å². The standard InChI is InChI=1S/C26H26N2O3/c29-26(18-6-2-1-3-7-18)27-21-9-4-8-19(16-21)22-10-5-11-23(28-22)20-12-13-24-25(17-20)31-15-14-30-24/h4-5,8-13,16-18H,1-3,6-7,14-15H2,(H,27,29). The maximum Gasteiger partial charge on any atom is 0.227 e. The first-order valence-corrected chi connectivity index (χ1v) is 11.0. The highest BCUT2D eigenvalue weighted by Crippen LogP contribution is 2.34. The predicted octanol–water partition coefficient (Wildman–Crippen LogP) is 5.71. The summed E-state index contributed by atoms with van der Waals surface area (Å²) in [4.78, 5) is 17.5. The number of rotatable bonds is 4. The van der Waals surface area contributed by atoms with Crippen molar-refractivity contribution < 1.29 is 14.3 Å². The van der Waals surface area contributed by atoms with E-state index in [1.54, 1.807) is 0 Å². The van der Waals surface area contributed by atoms with Crippen molar-refractivity contribution in [2.24, 2.45) is 5.92 Å². The van der Waals surface area contributed by atoms with Crippen LogP contribution in [0.4, 0.5) is 5.69 Å². The third-order valence-corrected chi connectivity index (χ3v) is 5.99. The van der Waals surface area contributed by atoms with Gasteiger partial charge in [-0.2, -0.15) is 0 Å². The van der Waals surface area contributed by atoms with E-state index >= 15 is 0 Å². The lowest BCUT2D eigenvalue weighted by Gasteiger charge is -2.20. The Morgan fingerprint density at radius 3 is 2.32 bits per heavy atom. The largest absolute Gasteiger partial charge is 0.486 e. The number of nitrogens with one attached hydrogen (secondary N) is 1. The summed E-state index contributed by atoms with van der Waals surface area (Å²) in [6, 6.07) is 19.8. The molecule has 1 fully saturated rings. The molecule has 1 aliphatic heterocycles. The SMILES string of the molecule is O=C(Nc1cccc(-c2cccc(-c3ccc4c(c3)OCCO4)n2)c1)C1CCCCC1. The average molecular weight is 415 g/mol. The number of carbonyl (C=O) groups excluding carboxylic acids is 1. The van der Waals surface area contributed by atoms with E-state index in [2.05, 4.69) is 5.32 Å². The lowest BCUT2D eigenvalue weighted by molar-refractivity contribution is -0.120. The molecule has 5 heteroatoms. The van der Waals surface area contributed by atoms with Crippen LogP contribution >= 0.6 is 0 Å². The first-order chi connectivity index (χ1) is 15.3. The van der Waals surface area contributed by atoms with Gasteiger partial charge in [0.15, 0.2) is 11.5 Å². The molecule has 2 aliphatic rings. The van der Waals surface area contributed by atoms with Gasteiger partial charge in [-0.1, -0.05) is 37.5 Å². The highest BCUT2D eigenvalue weighted by Gasteiger charge is 2.21. The minimum Gasteiger partial charge on any atom is -0.486 e. The number of aromatic nitrogens is 1. The van der Waals surface area contributed by atoms with Crippen molar-refractivity contribution in [3.63, 3.8) is 0 Å². The lowest BCUT2D eigenvalue weighted by atomic mass is 9.88. The fourth-order valence-electron chi connectivity index (χ4n) is 4.32. The number of amides is 1. The number of hydrogen-bond donors (Lipinski definition) is 1. The van der Waals surface area contributed by atoms with Crippen molar-refractivity contribution in [1.82, 2.24) is 4.98 Å². The summed E-state index contributed by atoms with van der Waals surface area (Å²) in [5, 5.41) is 3.11. The zero-order chi connectivity index (χ0) is 21.0. The van der Waals surface area contributed by atoms with Gasteiger partial charge in [0, 0.05) is 22.7 Å². The van der Waals surface area contributed by atoms with Crippen LogP contribution in [-0.2, 0) is 4.79 Å². The van der Waals surface area contributed by atoms with Gasteiger partial charge < -0.3 is 14.8 Å². The molecule has 0 bridgehead atoms. The smallest absolute Gasteiger partial charge is 0.227 e. The van der Waals surface area contributed by atoms with E-state index in [0.717, 1.165) is 65.4 Å². The molecule has 1 saturated carbocycles. The van der Waals surface area contributed by atoms with Gasteiger partial charge in [0.1, 0.15) is 13.2 Å². The van der Waals surface area contributed by atoms with Gasteiger partial charge in [-0.05, 0) is 55.3 Å². The molecule has 158 valence electrons. The molecule has 1 N–H and O–H groups in total. The molecule has 2 aromatic carbocycles. The van der Waals surface area contributed by atoms with Gasteiger partial charge in [-0.25, -0.2) is 4.98 Å². The molecule has 1 amide bonds. The second-order valence-electron chi connectivity index (χ2n) is 8.17. The Morgan fingerprint density at radius 1 is 0.806 bits per heavy atom. The predicted molar refractivity (Wildman–Crippen MR) is 121 cm³/mol. The molecule has 1 aliphatic carbocycles. The van der Waals surface area contributed by atoms with Crippen LogP contribution in [0, 0.1) is 5.92 Å². The van der Waals surface area contributed by atoms with E-state index in [-0.39, 0.29) is 11.8 Å². The van der Waals surface area contributed by atoms with Gasteiger partial charge in [0.25, 0.3) is 0 Å². The van der Waals surface area contributed by atoms with Crippen LogP contribution in [0.1, 0.15) is 32.1 Å². The molecular formula is C26H26N2O3. The number of carbonyl (C=O) groups is 1. The molecular weight excluding hydrogens is 388 g/mol. The van der Waals surface area contributed by atoms with Crippen LogP contribution in [0.2, 0.25) is 0 Å². The van der Waals surface area contributed by atoms with E-state index in [1.807, 2.05) is 60.7 Å². The lowest BCUT2D eigenvalue weighted by Crippen LogP contribution is -2.24. The first-order valence-electron chi connectivity index (χ1n) is 11.0. The summed E-state index contributed by atoms with van der Waals surface area (Å²) in [5.74, 6) is 1.79. The van der Waals surface area contributed by atoms with E-state index in [4.69, 9.17) is 14.5 Å². The summed E-state index contributed by atoms with van der Waals surface area (Å²) >= 11 is 0. The van der Waals surface area contributed by atoms with Crippen LogP contribution in [-0.4, -0.2) is 24.1 Å². The second-order valence-corrected chi connectivity index (χ2v) is 8.17. The van der Waals surface area contributed by atoms with Crippen molar-refractivity contribution in [2.45, 2.75) is 32.1 Å². The highest BCUT2D eigenvalue weighted by molar-refractivity contribution is 5.93. The van der Waals surface area contributed by atoms with Crippen LogP contribution in [0.25, 0.3) is 22.5 Å². The second kappa shape index (κ2) is 8.80. The maximum absolute atomic E-state index is 12.6. The monoisotopic (exact) mass is 414 g/mol. The maximum atomic E-state index is 12.6. The molecule has 5 rings (SSSR count). The molecule has 3 aromatic rings. The summed E-state index contributed by atoms with van der Waals surface area (Å²) in [5.41, 5.74) is 4.50. The van der Waals surface area contributed by atoms with Crippen LogP contribution in [0.3, 0.4) is 0 Å². The number of pyridine rings is 1. The summed E-state index contributed by atoms with van der Waals surface area (Å²) in [7, 11) is 0. The number of fused-ring (bicyclic) bond motifs is 1. The molecule has 0 spiro atoms. The number of nitrogens with zero attached hydrogens (tertiary/aromatic N) is 1. The van der Waals surface area contributed by atoms with Crippen molar-refractivity contribution >= 4 is 11.6 Å². The van der Waals surface area contributed by atoms with Gasteiger partial charge in [-0.15, -0.1) is 0 Å². The molecule has 0 radical (unpaired) electrons. The molecule has 0 saturated heterocycles. The van der Waals surface area contributed by atoms with Gasteiger partial charge in [0.05, 0.1) is 11.4 Å². The summed E-state index contributed by atoms with van der Waals surface area (Å²) in [6.45, 7) is 1.14. The number of anilines is 1. The third-order valence-electron chi connectivity index (χ3n) is 5.99. The molecule has 0 atom stereocenters. The quantitative estimate of drug-likeness (QED) is 0.594. The van der Waals surface area contributed by atoms with Crippen LogP contribution in [0.5, 0.6) is 11.5 Å². The average Bonchev–Trinajstić information content (AvgIpc) is 2.84. The Balaban J connectivity index is 1.37. The summed E-state index contributed by atoms with van der Waals surface area (Å²) in [6.07, 6.45) is 5.52. The number of hydrogen-bond acceptors (Lipinski definition) is 4. The Hall–Kier alpha value is -3.34. The van der Waals surface area contributed by atoms with Gasteiger partial charge in [-0.3, -0.25) is 4.79 Å². The van der Waals surface area contributed by atoms with E-state index in [9.17, 15) is 4.79 Å². The Bertz CT molecular complexity index is 1090. The van der Waals surface area contributed by atoms with E-state index in [1.165, 1.54) is 6.42 Å². The molecule has 31 heavy (non-hydrogen) atoms. The topological polar surface area (TPSA) is 60.5 Å². The number of benzene rings is 2. The Kier molecular flexibility index (Phi) is 5.57. The van der Waals surface area contributed by atoms with E-state index in [0.29, 0.717) is 13.2 Å². The fourth-order valence-corrected chi connectivity index (χ4v) is 4.32. The first kappa shape index (κ1) is 19.6. The van der Waals surface area contributed by atoms with Crippen LogP contribution < -0.4 is 14.8 Å². The Labute approximate surface area is 182 Å². The Morgan fingerprint density at radius 2 is 1.52 bits per heavy atom. The molecule has 1 aromatic heterocycles. The van der Waals surface area contributed by atoms with Crippen molar-refractivity contribution in [1.29, 1.82) is 0 Å². The minimum atomic E-state index is 0.133. The van der Waals surface area contributed by atoms with E-state index < -0.39 is 0 Å². The normalized spacial score (nSPS) is 16.0. The highest BCUT2D eigenvalue weighted by atomic mass is 16.6. The summed E-state index contributed by atoms with van der Waals surface area (Å²) < 4.78 is 11.3. The zero-order valence-corrected chi connectivity index (χ0v) is 17.5. The fraction of sp³-hybridized carbons (Fsp3) is 0.308. The van der Waals surface area contributed by atoms with Crippen molar-refractivity contribution in [3.05, 3.63) is 60.7 Å². The molecule has 5 nitrogen and oxygen atoms in total. The zero-order valence-electron chi connectivity index (χ0n) is 17.5. The van der Waals surface area contributed by atoms with Crippen molar-refractivity contribution in [2.75, 3.05) is 18.5 Å². The molecule has 2 heterocycles. The van der Waals surface area contributed by atoms with Gasteiger partial charge in [0.2, 0.25) is 5.91 Å². The van der Waals surface area contributed by atoms with Crippen LogP contribution in [0.15, 0.2) is 60.7 Å². The minimum absolute atomic E-state index is 0.133. The third kappa shape index (κ3) is 4.41.